The monoisotopic (exact) mass is 395 g/mol. The summed E-state index contributed by atoms with van der Waals surface area (Å²) in [6.45, 7) is 1.58. The van der Waals surface area contributed by atoms with Crippen molar-refractivity contribution < 1.29 is 14.6 Å². The third-order valence-electron chi connectivity index (χ3n) is 6.02. The Bertz CT molecular complexity index is 847. The topological polar surface area (TPSA) is 65.9 Å². The van der Waals surface area contributed by atoms with Gasteiger partial charge in [-0.25, -0.2) is 4.98 Å². The Kier molecular flexibility index (Phi) is 5.56. The molecule has 1 amide bonds. The van der Waals surface area contributed by atoms with E-state index in [0.717, 1.165) is 37.3 Å². The van der Waals surface area contributed by atoms with Gasteiger partial charge in [0.25, 0.3) is 5.91 Å². The fraction of sp³-hybridized carbons (Fsp3) is 0.478. The maximum absolute atomic E-state index is 12.2. The van der Waals surface area contributed by atoms with Crippen LogP contribution in [0.4, 0.5) is 5.82 Å². The van der Waals surface area contributed by atoms with Crippen molar-refractivity contribution in [2.45, 2.75) is 43.5 Å². The van der Waals surface area contributed by atoms with Crippen molar-refractivity contribution in [2.24, 2.45) is 0 Å². The van der Waals surface area contributed by atoms with Crippen molar-refractivity contribution in [2.75, 3.05) is 32.1 Å². The number of aliphatic hydroxyl groups is 1. The van der Waals surface area contributed by atoms with Crippen LogP contribution in [-0.4, -0.2) is 59.8 Å². The van der Waals surface area contributed by atoms with E-state index in [4.69, 9.17) is 4.74 Å². The highest BCUT2D eigenvalue weighted by Gasteiger charge is 2.43. The molecular weight excluding hydrogens is 366 g/mol. The highest BCUT2D eigenvalue weighted by molar-refractivity contribution is 5.92. The quantitative estimate of drug-likeness (QED) is 0.865. The molecule has 0 radical (unpaired) electrons. The Morgan fingerprint density at radius 1 is 1.14 bits per heavy atom. The number of benzene rings is 1. The minimum absolute atomic E-state index is 0.0642. The first-order chi connectivity index (χ1) is 14.0. The maximum atomic E-state index is 12.2. The molecule has 2 saturated heterocycles. The summed E-state index contributed by atoms with van der Waals surface area (Å²) >= 11 is 0. The van der Waals surface area contributed by atoms with Crippen LogP contribution in [0.15, 0.2) is 48.5 Å². The number of amides is 1. The van der Waals surface area contributed by atoms with Gasteiger partial charge in [0.05, 0.1) is 17.8 Å². The number of piperidine rings is 1. The van der Waals surface area contributed by atoms with Crippen LogP contribution >= 0.6 is 0 Å². The standard InChI is InChI=1S/C23H29N3O3/c1-25(2)22(28)19-9-6-10-21(24-19)26-13-11-23(12-14-26)16-18(27)15-20(29-23)17-7-4-3-5-8-17/h3-10,18,20,27H,11-16H2,1-2H3/t18-,20-/m1/s1. The van der Waals surface area contributed by atoms with Gasteiger partial charge in [-0.05, 0) is 30.5 Å². The molecule has 1 aromatic heterocycles. The number of rotatable bonds is 3. The Hall–Kier alpha value is -2.44. The number of aliphatic hydroxyl groups excluding tert-OH is 1. The van der Waals surface area contributed by atoms with E-state index in [0.29, 0.717) is 18.5 Å². The summed E-state index contributed by atoms with van der Waals surface area (Å²) < 4.78 is 6.58. The average Bonchev–Trinajstić information content (AvgIpc) is 2.74. The second-order valence-corrected chi connectivity index (χ2v) is 8.36. The summed E-state index contributed by atoms with van der Waals surface area (Å²) in [5.41, 5.74) is 1.29. The molecule has 6 heteroatoms. The zero-order valence-corrected chi connectivity index (χ0v) is 17.1. The van der Waals surface area contributed by atoms with Crippen LogP contribution < -0.4 is 4.90 Å². The summed E-state index contributed by atoms with van der Waals surface area (Å²) in [7, 11) is 3.46. The largest absolute Gasteiger partial charge is 0.393 e. The van der Waals surface area contributed by atoms with Gasteiger partial charge in [0, 0.05) is 40.0 Å². The summed E-state index contributed by atoms with van der Waals surface area (Å²) in [4.78, 5) is 20.5. The van der Waals surface area contributed by atoms with Crippen molar-refractivity contribution in [3.05, 3.63) is 59.8 Å². The lowest BCUT2D eigenvalue weighted by molar-refractivity contribution is -0.173. The van der Waals surface area contributed by atoms with E-state index in [1.54, 1.807) is 20.2 Å². The van der Waals surface area contributed by atoms with Gasteiger partial charge in [-0.2, -0.15) is 0 Å². The van der Waals surface area contributed by atoms with E-state index < -0.39 is 0 Å². The summed E-state index contributed by atoms with van der Waals surface area (Å²) in [5, 5.41) is 10.5. The number of carbonyl (C=O) groups excluding carboxylic acids is 1. The van der Waals surface area contributed by atoms with E-state index in [1.165, 1.54) is 4.90 Å². The maximum Gasteiger partial charge on any atom is 0.272 e. The van der Waals surface area contributed by atoms with Crippen molar-refractivity contribution in [1.82, 2.24) is 9.88 Å². The predicted molar refractivity (Wildman–Crippen MR) is 112 cm³/mol. The average molecular weight is 396 g/mol. The molecule has 2 aromatic rings. The Morgan fingerprint density at radius 2 is 1.86 bits per heavy atom. The van der Waals surface area contributed by atoms with E-state index >= 15 is 0 Å². The highest BCUT2D eigenvalue weighted by Crippen LogP contribution is 2.43. The van der Waals surface area contributed by atoms with E-state index in [9.17, 15) is 9.90 Å². The Morgan fingerprint density at radius 3 is 2.55 bits per heavy atom. The van der Waals surface area contributed by atoms with Gasteiger partial charge in [0.1, 0.15) is 11.5 Å². The van der Waals surface area contributed by atoms with E-state index in [2.05, 4.69) is 22.0 Å². The number of pyridine rings is 1. The van der Waals surface area contributed by atoms with Gasteiger partial charge >= 0.3 is 0 Å². The van der Waals surface area contributed by atoms with Crippen molar-refractivity contribution in [3.63, 3.8) is 0 Å². The van der Waals surface area contributed by atoms with E-state index in [1.807, 2.05) is 30.3 Å². The molecule has 154 valence electrons. The molecule has 3 heterocycles. The van der Waals surface area contributed by atoms with Crippen LogP contribution in [0.3, 0.4) is 0 Å². The molecule has 0 aliphatic carbocycles. The van der Waals surface area contributed by atoms with Gasteiger partial charge in [-0.3, -0.25) is 4.79 Å². The number of hydrogen-bond acceptors (Lipinski definition) is 5. The molecule has 4 rings (SSSR count). The predicted octanol–water partition coefficient (Wildman–Crippen LogP) is 3.04. The highest BCUT2D eigenvalue weighted by atomic mass is 16.5. The second kappa shape index (κ2) is 8.13. The zero-order chi connectivity index (χ0) is 20.4. The molecule has 2 fully saturated rings. The number of ether oxygens (including phenoxy) is 1. The molecule has 2 atom stereocenters. The third-order valence-corrected chi connectivity index (χ3v) is 6.02. The number of nitrogens with zero attached hydrogens (tertiary/aromatic N) is 3. The van der Waals surface area contributed by atoms with Gasteiger partial charge in [0.2, 0.25) is 0 Å². The van der Waals surface area contributed by atoms with Crippen molar-refractivity contribution in [3.8, 4) is 0 Å². The van der Waals surface area contributed by atoms with E-state index in [-0.39, 0.29) is 23.7 Å². The van der Waals surface area contributed by atoms with Gasteiger partial charge in [-0.15, -0.1) is 0 Å². The number of carbonyl (C=O) groups is 1. The number of anilines is 1. The van der Waals surface area contributed by atoms with Crippen LogP contribution in [0.2, 0.25) is 0 Å². The van der Waals surface area contributed by atoms with Crippen LogP contribution in [0.5, 0.6) is 0 Å². The number of hydrogen-bond donors (Lipinski definition) is 1. The normalized spacial score (nSPS) is 23.8. The van der Waals surface area contributed by atoms with Crippen LogP contribution in [0.1, 0.15) is 47.8 Å². The third kappa shape index (κ3) is 4.28. The molecule has 29 heavy (non-hydrogen) atoms. The smallest absolute Gasteiger partial charge is 0.272 e. The SMILES string of the molecule is CN(C)C(=O)c1cccc(N2CCC3(CC2)C[C@H](O)C[C@H](c2ccccc2)O3)n1. The molecule has 2 aliphatic rings. The summed E-state index contributed by atoms with van der Waals surface area (Å²) in [5.74, 6) is 0.730. The molecule has 1 N–H and O–H groups in total. The first kappa shape index (κ1) is 19.9. The lowest BCUT2D eigenvalue weighted by atomic mass is 9.81. The first-order valence-electron chi connectivity index (χ1n) is 10.3. The van der Waals surface area contributed by atoms with Crippen LogP contribution in [0.25, 0.3) is 0 Å². The Balaban J connectivity index is 1.46. The van der Waals surface area contributed by atoms with Gasteiger partial charge in [0.15, 0.2) is 0 Å². The minimum atomic E-state index is -0.348. The fourth-order valence-corrected chi connectivity index (χ4v) is 4.44. The number of aromatic nitrogens is 1. The molecule has 0 saturated carbocycles. The minimum Gasteiger partial charge on any atom is -0.393 e. The molecule has 1 spiro atoms. The molecule has 0 unspecified atom stereocenters. The fourth-order valence-electron chi connectivity index (χ4n) is 4.44. The first-order valence-corrected chi connectivity index (χ1v) is 10.3. The molecule has 1 aromatic carbocycles. The van der Waals surface area contributed by atoms with Crippen LogP contribution in [-0.2, 0) is 4.74 Å². The van der Waals surface area contributed by atoms with Gasteiger partial charge in [-0.1, -0.05) is 36.4 Å². The molecule has 6 nitrogen and oxygen atoms in total. The lowest BCUT2D eigenvalue weighted by Gasteiger charge is -2.48. The zero-order valence-electron chi connectivity index (χ0n) is 17.1. The molecule has 0 bridgehead atoms. The van der Waals surface area contributed by atoms with Gasteiger partial charge < -0.3 is 19.6 Å². The van der Waals surface area contributed by atoms with Crippen molar-refractivity contribution >= 4 is 11.7 Å². The van der Waals surface area contributed by atoms with Crippen molar-refractivity contribution in [1.29, 1.82) is 0 Å². The summed E-state index contributed by atoms with van der Waals surface area (Å²) in [6.07, 6.45) is 2.58. The van der Waals surface area contributed by atoms with Crippen LogP contribution in [0, 0.1) is 0 Å². The lowest BCUT2D eigenvalue weighted by Crippen LogP contribution is -2.51. The molecule has 2 aliphatic heterocycles. The second-order valence-electron chi connectivity index (χ2n) is 8.36. The summed E-state index contributed by atoms with van der Waals surface area (Å²) in [6, 6.07) is 15.8. The molecular formula is C23H29N3O3. The Labute approximate surface area is 172 Å².